The SMILES string of the molecule is CC(C)N1C(N)=NCC1(C)Cc1cccc(F)c1. The summed E-state index contributed by atoms with van der Waals surface area (Å²) in [5.41, 5.74) is 6.76. The highest BCUT2D eigenvalue weighted by molar-refractivity contribution is 5.81. The van der Waals surface area contributed by atoms with Gasteiger partial charge in [0, 0.05) is 6.04 Å². The number of nitrogens with zero attached hydrogens (tertiary/aromatic N) is 2. The van der Waals surface area contributed by atoms with Crippen LogP contribution in [0.5, 0.6) is 0 Å². The van der Waals surface area contributed by atoms with Crippen LogP contribution in [0.2, 0.25) is 0 Å². The fourth-order valence-corrected chi connectivity index (χ4v) is 2.80. The van der Waals surface area contributed by atoms with E-state index in [0.29, 0.717) is 12.5 Å². The van der Waals surface area contributed by atoms with Gasteiger partial charge in [0.15, 0.2) is 5.96 Å². The van der Waals surface area contributed by atoms with Crippen LogP contribution in [0, 0.1) is 5.82 Å². The van der Waals surface area contributed by atoms with Gasteiger partial charge in [-0.05, 0) is 44.9 Å². The van der Waals surface area contributed by atoms with E-state index in [0.717, 1.165) is 12.0 Å². The van der Waals surface area contributed by atoms with E-state index in [1.807, 2.05) is 6.07 Å². The average molecular weight is 249 g/mol. The maximum absolute atomic E-state index is 13.2. The van der Waals surface area contributed by atoms with E-state index in [2.05, 4.69) is 30.7 Å². The second-order valence-corrected chi connectivity index (χ2v) is 5.44. The second kappa shape index (κ2) is 4.59. The summed E-state index contributed by atoms with van der Waals surface area (Å²) in [6, 6.07) is 7.02. The van der Waals surface area contributed by atoms with Crippen molar-refractivity contribution in [1.82, 2.24) is 4.90 Å². The third kappa shape index (κ3) is 2.33. The quantitative estimate of drug-likeness (QED) is 0.892. The van der Waals surface area contributed by atoms with Crippen molar-refractivity contribution < 1.29 is 4.39 Å². The topological polar surface area (TPSA) is 41.6 Å². The van der Waals surface area contributed by atoms with Gasteiger partial charge in [-0.3, -0.25) is 4.99 Å². The van der Waals surface area contributed by atoms with Gasteiger partial charge in [-0.15, -0.1) is 0 Å². The molecule has 0 saturated heterocycles. The molecule has 0 amide bonds. The Morgan fingerprint density at radius 2 is 2.22 bits per heavy atom. The molecule has 1 aromatic rings. The minimum absolute atomic E-state index is 0.161. The number of benzene rings is 1. The van der Waals surface area contributed by atoms with Gasteiger partial charge in [0.1, 0.15) is 5.82 Å². The van der Waals surface area contributed by atoms with E-state index in [9.17, 15) is 4.39 Å². The maximum atomic E-state index is 13.2. The van der Waals surface area contributed by atoms with Crippen molar-refractivity contribution in [1.29, 1.82) is 0 Å². The summed E-state index contributed by atoms with van der Waals surface area (Å²) >= 11 is 0. The van der Waals surface area contributed by atoms with E-state index < -0.39 is 0 Å². The van der Waals surface area contributed by atoms with Gasteiger partial charge in [0.2, 0.25) is 0 Å². The zero-order valence-corrected chi connectivity index (χ0v) is 11.2. The first kappa shape index (κ1) is 12.9. The fraction of sp³-hybridized carbons (Fsp3) is 0.500. The van der Waals surface area contributed by atoms with Crippen molar-refractivity contribution in [3.8, 4) is 0 Å². The van der Waals surface area contributed by atoms with Crippen LogP contribution in [-0.4, -0.2) is 29.0 Å². The molecule has 1 unspecified atom stereocenters. The number of rotatable bonds is 3. The molecule has 2 N–H and O–H groups in total. The van der Waals surface area contributed by atoms with E-state index in [-0.39, 0.29) is 17.4 Å². The van der Waals surface area contributed by atoms with Gasteiger partial charge in [-0.2, -0.15) is 0 Å². The lowest BCUT2D eigenvalue weighted by atomic mass is 9.91. The summed E-state index contributed by atoms with van der Waals surface area (Å²) < 4.78 is 13.2. The van der Waals surface area contributed by atoms with Crippen LogP contribution >= 0.6 is 0 Å². The van der Waals surface area contributed by atoms with E-state index in [4.69, 9.17) is 5.73 Å². The summed E-state index contributed by atoms with van der Waals surface area (Å²) in [6.07, 6.45) is 0.743. The van der Waals surface area contributed by atoms with E-state index >= 15 is 0 Å². The Morgan fingerprint density at radius 3 is 2.83 bits per heavy atom. The molecule has 18 heavy (non-hydrogen) atoms. The van der Waals surface area contributed by atoms with Gasteiger partial charge < -0.3 is 10.6 Å². The summed E-state index contributed by atoms with van der Waals surface area (Å²) in [4.78, 5) is 6.46. The smallest absolute Gasteiger partial charge is 0.192 e. The summed E-state index contributed by atoms with van der Waals surface area (Å²) in [6.45, 7) is 6.98. The van der Waals surface area contributed by atoms with Crippen LogP contribution in [0.4, 0.5) is 4.39 Å². The molecule has 4 heteroatoms. The summed E-state index contributed by atoms with van der Waals surface area (Å²) in [7, 11) is 0. The molecular weight excluding hydrogens is 229 g/mol. The fourth-order valence-electron chi connectivity index (χ4n) is 2.80. The van der Waals surface area contributed by atoms with Crippen molar-refractivity contribution in [3.63, 3.8) is 0 Å². The Labute approximate surface area is 108 Å². The molecule has 0 aliphatic carbocycles. The molecule has 2 rings (SSSR count). The molecule has 1 heterocycles. The number of nitrogens with two attached hydrogens (primary N) is 1. The highest BCUT2D eigenvalue weighted by Gasteiger charge is 2.39. The van der Waals surface area contributed by atoms with Crippen molar-refractivity contribution in [3.05, 3.63) is 35.6 Å². The van der Waals surface area contributed by atoms with Crippen LogP contribution in [0.15, 0.2) is 29.3 Å². The third-order valence-electron chi connectivity index (χ3n) is 3.40. The highest BCUT2D eigenvalue weighted by Crippen LogP contribution is 2.28. The summed E-state index contributed by atoms with van der Waals surface area (Å²) in [5, 5.41) is 0. The molecule has 1 aliphatic heterocycles. The van der Waals surface area contributed by atoms with Crippen molar-refractivity contribution in [2.75, 3.05) is 6.54 Å². The average Bonchev–Trinajstić information content (AvgIpc) is 2.54. The Kier molecular flexibility index (Phi) is 3.28. The minimum Gasteiger partial charge on any atom is -0.370 e. The van der Waals surface area contributed by atoms with Crippen molar-refractivity contribution >= 4 is 5.96 Å². The van der Waals surface area contributed by atoms with Crippen molar-refractivity contribution in [2.45, 2.75) is 38.8 Å². The van der Waals surface area contributed by atoms with Crippen molar-refractivity contribution in [2.24, 2.45) is 10.7 Å². The first-order valence-electron chi connectivity index (χ1n) is 6.26. The Balaban J connectivity index is 2.22. The lowest BCUT2D eigenvalue weighted by Crippen LogP contribution is -2.54. The zero-order valence-electron chi connectivity index (χ0n) is 11.2. The first-order chi connectivity index (χ1) is 8.42. The number of hydrogen-bond acceptors (Lipinski definition) is 3. The highest BCUT2D eigenvalue weighted by atomic mass is 19.1. The minimum atomic E-state index is -0.195. The van der Waals surface area contributed by atoms with E-state index in [1.165, 1.54) is 6.07 Å². The van der Waals surface area contributed by atoms with Crippen LogP contribution in [-0.2, 0) is 6.42 Å². The molecule has 0 fully saturated rings. The Bertz CT molecular complexity index is 470. The third-order valence-corrected chi connectivity index (χ3v) is 3.40. The molecule has 98 valence electrons. The van der Waals surface area contributed by atoms with Gasteiger partial charge in [0.05, 0.1) is 12.1 Å². The molecule has 0 radical (unpaired) electrons. The van der Waals surface area contributed by atoms with Gasteiger partial charge in [-0.1, -0.05) is 12.1 Å². The standard InChI is InChI=1S/C14H20FN3/c1-10(2)18-13(16)17-9-14(18,3)8-11-5-4-6-12(15)7-11/h4-7,10H,8-9H2,1-3H3,(H2,16,17). The monoisotopic (exact) mass is 249 g/mol. The normalized spacial score (nSPS) is 23.6. The number of guanidine groups is 1. The predicted octanol–water partition coefficient (Wildman–Crippen LogP) is 2.17. The number of aliphatic imine (C=N–C) groups is 1. The predicted molar refractivity (Wildman–Crippen MR) is 72.0 cm³/mol. The Hall–Kier alpha value is -1.58. The molecule has 0 saturated carbocycles. The van der Waals surface area contributed by atoms with Crippen LogP contribution in [0.3, 0.4) is 0 Å². The van der Waals surface area contributed by atoms with Crippen LogP contribution < -0.4 is 5.73 Å². The molecule has 0 aromatic heterocycles. The lowest BCUT2D eigenvalue weighted by Gasteiger charge is -2.39. The lowest BCUT2D eigenvalue weighted by molar-refractivity contribution is 0.183. The van der Waals surface area contributed by atoms with Gasteiger partial charge >= 0.3 is 0 Å². The zero-order chi connectivity index (χ0) is 13.3. The van der Waals surface area contributed by atoms with Crippen LogP contribution in [0.25, 0.3) is 0 Å². The number of hydrogen-bond donors (Lipinski definition) is 1. The molecule has 0 spiro atoms. The molecule has 1 aliphatic rings. The largest absolute Gasteiger partial charge is 0.370 e. The second-order valence-electron chi connectivity index (χ2n) is 5.44. The van der Waals surface area contributed by atoms with E-state index in [1.54, 1.807) is 12.1 Å². The molecular formula is C14H20FN3. The van der Waals surface area contributed by atoms with Crippen LogP contribution in [0.1, 0.15) is 26.3 Å². The maximum Gasteiger partial charge on any atom is 0.192 e. The molecule has 1 aromatic carbocycles. The van der Waals surface area contributed by atoms with Gasteiger partial charge in [-0.25, -0.2) is 4.39 Å². The first-order valence-corrected chi connectivity index (χ1v) is 6.26. The Morgan fingerprint density at radius 1 is 1.50 bits per heavy atom. The summed E-state index contributed by atoms with van der Waals surface area (Å²) in [5.74, 6) is 0.392. The number of halogens is 1. The molecule has 0 bridgehead atoms. The molecule has 1 atom stereocenters. The molecule has 3 nitrogen and oxygen atoms in total. The van der Waals surface area contributed by atoms with Gasteiger partial charge in [0.25, 0.3) is 0 Å².